The van der Waals surface area contributed by atoms with Crippen molar-refractivity contribution in [2.75, 3.05) is 19.3 Å². The van der Waals surface area contributed by atoms with Crippen molar-refractivity contribution in [1.29, 1.82) is 0 Å². The molecule has 1 atom stereocenters. The Balaban J connectivity index is 1.50. The fraction of sp³-hybridized carbons (Fsp3) is 0.409. The molecule has 3 rings (SSSR count). The van der Waals surface area contributed by atoms with Gasteiger partial charge >= 0.3 is 0 Å². The molecule has 1 saturated heterocycles. The maximum absolute atomic E-state index is 12.7. The first-order chi connectivity index (χ1) is 13.7. The molecule has 0 radical (unpaired) electrons. The van der Waals surface area contributed by atoms with Crippen LogP contribution in [0.3, 0.4) is 0 Å². The summed E-state index contributed by atoms with van der Waals surface area (Å²) in [6.07, 6.45) is 2.84. The molecule has 0 unspecified atom stereocenters. The number of amides is 1. The third-order valence-corrected chi connectivity index (χ3v) is 6.78. The van der Waals surface area contributed by atoms with Gasteiger partial charge in [-0.3, -0.25) is 9.69 Å². The van der Waals surface area contributed by atoms with E-state index in [0.29, 0.717) is 0 Å². The molecule has 0 spiro atoms. The molecule has 1 aliphatic rings. The average Bonchev–Trinajstić information content (AvgIpc) is 2.68. The molecular weight excluding hydrogens is 408 g/mol. The van der Waals surface area contributed by atoms with E-state index in [1.807, 2.05) is 25.1 Å². The number of nitrogens with one attached hydrogen (secondary N) is 1. The number of piperidine rings is 1. The van der Waals surface area contributed by atoms with Crippen molar-refractivity contribution in [3.05, 3.63) is 64.7 Å². The summed E-state index contributed by atoms with van der Waals surface area (Å²) >= 11 is 6.06. The second kappa shape index (κ2) is 9.28. The molecule has 2 aromatic rings. The Labute approximate surface area is 178 Å². The monoisotopic (exact) mass is 434 g/mol. The lowest BCUT2D eigenvalue weighted by atomic mass is 9.95. The van der Waals surface area contributed by atoms with E-state index in [4.69, 9.17) is 11.6 Å². The predicted molar refractivity (Wildman–Crippen MR) is 116 cm³/mol. The van der Waals surface area contributed by atoms with Gasteiger partial charge in [0.1, 0.15) is 0 Å². The minimum Gasteiger partial charge on any atom is -0.349 e. The second-order valence-corrected chi connectivity index (χ2v) is 10.2. The van der Waals surface area contributed by atoms with Crippen LogP contribution in [0.15, 0.2) is 53.4 Å². The lowest BCUT2D eigenvalue weighted by Crippen LogP contribution is -2.40. The molecule has 5 nitrogen and oxygen atoms in total. The van der Waals surface area contributed by atoms with Gasteiger partial charge in [0, 0.05) is 23.7 Å². The largest absolute Gasteiger partial charge is 0.349 e. The first-order valence-electron chi connectivity index (χ1n) is 9.79. The van der Waals surface area contributed by atoms with Gasteiger partial charge < -0.3 is 5.32 Å². The Morgan fingerprint density at radius 3 is 2.41 bits per heavy atom. The zero-order chi connectivity index (χ0) is 21.0. The van der Waals surface area contributed by atoms with Gasteiger partial charge in [-0.05, 0) is 68.2 Å². The van der Waals surface area contributed by atoms with Gasteiger partial charge in [0.05, 0.1) is 10.9 Å². The fourth-order valence-electron chi connectivity index (χ4n) is 3.67. The van der Waals surface area contributed by atoms with Crippen molar-refractivity contribution in [2.45, 2.75) is 37.2 Å². The van der Waals surface area contributed by atoms with Crippen LogP contribution < -0.4 is 5.32 Å². The number of rotatable bonds is 6. The lowest BCUT2D eigenvalue weighted by molar-refractivity contribution is -0.127. The van der Waals surface area contributed by atoms with E-state index in [2.05, 4.69) is 16.3 Å². The lowest BCUT2D eigenvalue weighted by Gasteiger charge is -2.32. The minimum absolute atomic E-state index is 0.00311. The van der Waals surface area contributed by atoms with Crippen molar-refractivity contribution in [1.82, 2.24) is 10.2 Å². The van der Waals surface area contributed by atoms with Crippen LogP contribution in [0, 0.1) is 5.92 Å². The Kier molecular flexibility index (Phi) is 6.98. The standard InChI is InChI=1S/C22H27ClN2O3S/c1-16(18-6-8-21(9-7-18)29(2,27)28)24-22(26)19-10-12-25(13-11-19)15-17-4-3-5-20(23)14-17/h3-9,14,16,19H,10-13,15H2,1-2H3,(H,24,26)/t16-/m0/s1. The van der Waals surface area contributed by atoms with E-state index < -0.39 is 9.84 Å². The maximum Gasteiger partial charge on any atom is 0.223 e. The fourth-order valence-corrected chi connectivity index (χ4v) is 4.51. The number of carbonyl (C=O) groups excluding carboxylic acids is 1. The van der Waals surface area contributed by atoms with Crippen LogP contribution in [0.5, 0.6) is 0 Å². The highest BCUT2D eigenvalue weighted by molar-refractivity contribution is 7.90. The molecule has 1 aliphatic heterocycles. The Morgan fingerprint density at radius 2 is 1.83 bits per heavy atom. The summed E-state index contributed by atoms with van der Waals surface area (Å²) in [5.74, 6) is 0.0652. The number of halogens is 1. The van der Waals surface area contributed by atoms with E-state index in [1.165, 1.54) is 11.8 Å². The molecule has 2 aromatic carbocycles. The molecule has 0 aromatic heterocycles. The van der Waals surface area contributed by atoms with Crippen molar-refractivity contribution in [3.63, 3.8) is 0 Å². The van der Waals surface area contributed by atoms with Crippen molar-refractivity contribution >= 4 is 27.3 Å². The van der Waals surface area contributed by atoms with Crippen LogP contribution in [-0.4, -0.2) is 38.6 Å². The Hall–Kier alpha value is -1.89. The van der Waals surface area contributed by atoms with Gasteiger partial charge in [-0.25, -0.2) is 8.42 Å². The first-order valence-corrected chi connectivity index (χ1v) is 12.1. The van der Waals surface area contributed by atoms with Crippen LogP contribution in [0.4, 0.5) is 0 Å². The predicted octanol–water partition coefficient (Wildman–Crippen LogP) is 3.83. The van der Waals surface area contributed by atoms with Gasteiger partial charge in [-0.2, -0.15) is 0 Å². The molecule has 29 heavy (non-hydrogen) atoms. The summed E-state index contributed by atoms with van der Waals surface area (Å²) < 4.78 is 23.2. The van der Waals surface area contributed by atoms with Crippen LogP contribution in [-0.2, 0) is 21.2 Å². The Morgan fingerprint density at radius 1 is 1.17 bits per heavy atom. The van der Waals surface area contributed by atoms with Crippen molar-refractivity contribution in [2.24, 2.45) is 5.92 Å². The van der Waals surface area contributed by atoms with Gasteiger partial charge in [0.15, 0.2) is 9.84 Å². The van der Waals surface area contributed by atoms with Crippen molar-refractivity contribution < 1.29 is 13.2 Å². The summed E-state index contributed by atoms with van der Waals surface area (Å²) in [6, 6.07) is 14.4. The molecule has 1 amide bonds. The van der Waals surface area contributed by atoms with Crippen LogP contribution >= 0.6 is 11.6 Å². The highest BCUT2D eigenvalue weighted by Gasteiger charge is 2.26. The Bertz CT molecular complexity index is 952. The quantitative estimate of drug-likeness (QED) is 0.750. The third-order valence-electron chi connectivity index (χ3n) is 5.42. The van der Waals surface area contributed by atoms with E-state index in [-0.39, 0.29) is 22.8 Å². The molecule has 0 saturated carbocycles. The third kappa shape index (κ3) is 6.04. The summed E-state index contributed by atoms with van der Waals surface area (Å²) in [4.78, 5) is 15.3. The molecule has 156 valence electrons. The maximum atomic E-state index is 12.7. The van der Waals surface area contributed by atoms with Gasteiger partial charge in [0.2, 0.25) is 5.91 Å². The molecule has 0 aliphatic carbocycles. The number of hydrogen-bond donors (Lipinski definition) is 1. The molecular formula is C22H27ClN2O3S. The number of benzene rings is 2. The van der Waals surface area contributed by atoms with E-state index in [9.17, 15) is 13.2 Å². The second-order valence-electron chi connectivity index (χ2n) is 7.75. The zero-order valence-corrected chi connectivity index (χ0v) is 18.3. The summed E-state index contributed by atoms with van der Waals surface area (Å²) in [6.45, 7) is 4.52. The summed E-state index contributed by atoms with van der Waals surface area (Å²) in [5.41, 5.74) is 2.08. The SMILES string of the molecule is C[C@H](NC(=O)C1CCN(Cc2cccc(Cl)c2)CC1)c1ccc(S(C)(=O)=O)cc1. The molecule has 0 bridgehead atoms. The first kappa shape index (κ1) is 21.8. The molecule has 1 N–H and O–H groups in total. The van der Waals surface area contributed by atoms with E-state index >= 15 is 0 Å². The normalized spacial score (nSPS) is 17.1. The van der Waals surface area contributed by atoms with E-state index in [1.54, 1.807) is 24.3 Å². The van der Waals surface area contributed by atoms with Crippen molar-refractivity contribution in [3.8, 4) is 0 Å². The molecule has 7 heteroatoms. The topological polar surface area (TPSA) is 66.5 Å². The average molecular weight is 435 g/mol. The van der Waals surface area contributed by atoms with E-state index in [0.717, 1.165) is 43.1 Å². The zero-order valence-electron chi connectivity index (χ0n) is 16.8. The number of likely N-dealkylation sites (tertiary alicyclic amines) is 1. The minimum atomic E-state index is -3.22. The van der Waals surface area contributed by atoms with Crippen LogP contribution in [0.2, 0.25) is 5.02 Å². The smallest absolute Gasteiger partial charge is 0.223 e. The number of carbonyl (C=O) groups is 1. The summed E-state index contributed by atoms with van der Waals surface area (Å²) in [7, 11) is -3.22. The summed E-state index contributed by atoms with van der Waals surface area (Å²) in [5, 5.41) is 3.82. The van der Waals surface area contributed by atoms with Gasteiger partial charge in [-0.15, -0.1) is 0 Å². The van der Waals surface area contributed by atoms with Gasteiger partial charge in [0.25, 0.3) is 0 Å². The number of hydrogen-bond acceptors (Lipinski definition) is 4. The highest BCUT2D eigenvalue weighted by atomic mass is 35.5. The molecule has 1 heterocycles. The van der Waals surface area contributed by atoms with Gasteiger partial charge in [-0.1, -0.05) is 35.9 Å². The van der Waals surface area contributed by atoms with Crippen LogP contribution in [0.25, 0.3) is 0 Å². The van der Waals surface area contributed by atoms with Crippen LogP contribution in [0.1, 0.15) is 36.9 Å². The number of sulfone groups is 1. The highest BCUT2D eigenvalue weighted by Crippen LogP contribution is 2.22. The molecule has 1 fully saturated rings. The number of nitrogens with zero attached hydrogens (tertiary/aromatic N) is 1.